The third-order valence-electron chi connectivity index (χ3n) is 2.75. The van der Waals surface area contributed by atoms with Crippen molar-refractivity contribution in [1.29, 1.82) is 0 Å². The van der Waals surface area contributed by atoms with Crippen LogP contribution in [0.25, 0.3) is 0 Å². The Hall–Kier alpha value is -0.600. The summed E-state index contributed by atoms with van der Waals surface area (Å²) in [5.74, 6) is -0.422. The zero-order chi connectivity index (χ0) is 12.9. The summed E-state index contributed by atoms with van der Waals surface area (Å²) in [6.45, 7) is 2.13. The van der Waals surface area contributed by atoms with E-state index in [0.717, 1.165) is 25.7 Å². The van der Waals surface area contributed by atoms with E-state index >= 15 is 0 Å². The number of hydrogen-bond acceptors (Lipinski definition) is 2. The normalized spacial score (nSPS) is 11.7. The number of hydrogen-bond donors (Lipinski definition) is 2. The van der Waals surface area contributed by atoms with Crippen molar-refractivity contribution in [3.05, 3.63) is 23.8 Å². The number of rotatable bonds is 6. The monoisotopic (exact) mass is 276 g/mol. The maximum absolute atomic E-state index is 9.72. The van der Waals surface area contributed by atoms with Gasteiger partial charge in [-0.15, -0.1) is 0 Å². The van der Waals surface area contributed by atoms with Crippen molar-refractivity contribution in [2.75, 3.05) is 0 Å². The summed E-state index contributed by atoms with van der Waals surface area (Å²) in [6, 6.07) is 4.66. The van der Waals surface area contributed by atoms with Crippen molar-refractivity contribution < 1.29 is 10.2 Å². The van der Waals surface area contributed by atoms with E-state index in [0.29, 0.717) is 12.0 Å². The van der Waals surface area contributed by atoms with Crippen LogP contribution in [0.15, 0.2) is 18.2 Å². The van der Waals surface area contributed by atoms with Gasteiger partial charge in [-0.2, -0.15) is 0 Å². The maximum Gasteiger partial charge on any atom is 0.163 e. The molecule has 1 aromatic rings. The molecule has 2 N–H and O–H groups in total. The molecule has 0 aliphatic heterocycles. The molecule has 2 nitrogen and oxygen atoms in total. The van der Waals surface area contributed by atoms with E-state index in [2.05, 4.69) is 6.92 Å². The Morgan fingerprint density at radius 3 is 2.47 bits per heavy atom. The van der Waals surface area contributed by atoms with Crippen molar-refractivity contribution in [1.82, 2.24) is 0 Å². The highest BCUT2D eigenvalue weighted by Crippen LogP contribution is 2.45. The van der Waals surface area contributed by atoms with Gasteiger partial charge in [-0.05, 0) is 12.5 Å². The number of phenols is 2. The summed E-state index contributed by atoms with van der Waals surface area (Å²) in [6.07, 6.45) is 4.82. The topological polar surface area (TPSA) is 40.5 Å². The van der Waals surface area contributed by atoms with Gasteiger partial charge in [0.15, 0.2) is 11.5 Å². The molecule has 0 fully saturated rings. The molecule has 0 radical (unpaired) electrons. The third kappa shape index (κ3) is 3.97. The van der Waals surface area contributed by atoms with E-state index in [4.69, 9.17) is 23.2 Å². The van der Waals surface area contributed by atoms with Crippen LogP contribution in [0.3, 0.4) is 0 Å². The highest BCUT2D eigenvalue weighted by atomic mass is 35.5. The van der Waals surface area contributed by atoms with Crippen molar-refractivity contribution in [3.63, 3.8) is 0 Å². The molecule has 0 bridgehead atoms. The average Bonchev–Trinajstić information content (AvgIpc) is 2.28. The molecule has 1 rings (SSSR count). The predicted octanol–water partition coefficient (Wildman–Crippen LogP) is 4.70. The van der Waals surface area contributed by atoms with Crippen molar-refractivity contribution in [2.45, 2.75) is 43.4 Å². The van der Waals surface area contributed by atoms with Crippen LogP contribution in [-0.2, 0) is 4.33 Å². The van der Waals surface area contributed by atoms with E-state index in [9.17, 15) is 10.2 Å². The largest absolute Gasteiger partial charge is 0.504 e. The van der Waals surface area contributed by atoms with E-state index in [-0.39, 0.29) is 11.5 Å². The molecule has 1 aromatic carbocycles. The Balaban J connectivity index is 2.71. The van der Waals surface area contributed by atoms with Gasteiger partial charge in [-0.1, -0.05) is 67.9 Å². The van der Waals surface area contributed by atoms with Crippen molar-refractivity contribution in [2.24, 2.45) is 0 Å². The van der Waals surface area contributed by atoms with Gasteiger partial charge in [0.1, 0.15) is 4.33 Å². The first-order valence-electron chi connectivity index (χ1n) is 5.88. The zero-order valence-corrected chi connectivity index (χ0v) is 11.4. The number of para-hydroxylation sites is 1. The number of halogens is 2. The Kier molecular flexibility index (Phi) is 5.41. The van der Waals surface area contributed by atoms with Gasteiger partial charge < -0.3 is 10.2 Å². The summed E-state index contributed by atoms with van der Waals surface area (Å²) in [5.41, 5.74) is 0.373. The second kappa shape index (κ2) is 6.36. The average molecular weight is 277 g/mol. The molecule has 0 saturated heterocycles. The molecule has 0 unspecified atom stereocenters. The molecular weight excluding hydrogens is 259 g/mol. The first-order valence-corrected chi connectivity index (χ1v) is 6.64. The lowest BCUT2D eigenvalue weighted by molar-refractivity contribution is 0.396. The fourth-order valence-electron chi connectivity index (χ4n) is 1.73. The van der Waals surface area contributed by atoms with Crippen molar-refractivity contribution in [3.8, 4) is 11.5 Å². The fraction of sp³-hybridized carbons (Fsp3) is 0.538. The van der Waals surface area contributed by atoms with E-state index in [1.165, 1.54) is 6.07 Å². The minimum atomic E-state index is -1.14. The first kappa shape index (κ1) is 14.5. The van der Waals surface area contributed by atoms with Gasteiger partial charge in [0.25, 0.3) is 0 Å². The molecule has 0 spiro atoms. The summed E-state index contributed by atoms with van der Waals surface area (Å²) in [7, 11) is 0. The predicted molar refractivity (Wildman–Crippen MR) is 71.9 cm³/mol. The summed E-state index contributed by atoms with van der Waals surface area (Å²) in [5, 5.41) is 19.1. The third-order valence-corrected chi connectivity index (χ3v) is 3.54. The van der Waals surface area contributed by atoms with Crippen LogP contribution in [0.1, 0.15) is 44.6 Å². The summed E-state index contributed by atoms with van der Waals surface area (Å²) < 4.78 is -1.14. The van der Waals surface area contributed by atoms with Gasteiger partial charge in [-0.3, -0.25) is 0 Å². The minimum absolute atomic E-state index is 0.193. The number of benzene rings is 1. The number of alkyl halides is 2. The smallest absolute Gasteiger partial charge is 0.163 e. The van der Waals surface area contributed by atoms with Crippen LogP contribution >= 0.6 is 23.2 Å². The zero-order valence-electron chi connectivity index (χ0n) is 9.92. The van der Waals surface area contributed by atoms with Gasteiger partial charge in [-0.25, -0.2) is 0 Å². The summed E-state index contributed by atoms with van der Waals surface area (Å²) in [4.78, 5) is 0. The molecule has 4 heteroatoms. The quantitative estimate of drug-likeness (QED) is 0.449. The van der Waals surface area contributed by atoms with Crippen LogP contribution in [0.5, 0.6) is 11.5 Å². The van der Waals surface area contributed by atoms with E-state index in [1.807, 2.05) is 0 Å². The van der Waals surface area contributed by atoms with Gasteiger partial charge in [0.2, 0.25) is 0 Å². The molecule has 0 heterocycles. The molecule has 0 saturated carbocycles. The van der Waals surface area contributed by atoms with Crippen molar-refractivity contribution >= 4 is 23.2 Å². The van der Waals surface area contributed by atoms with Crippen LogP contribution in [-0.4, -0.2) is 10.2 Å². The lowest BCUT2D eigenvalue weighted by Crippen LogP contribution is -2.10. The van der Waals surface area contributed by atoms with Gasteiger partial charge in [0, 0.05) is 5.56 Å². The lowest BCUT2D eigenvalue weighted by Gasteiger charge is -2.21. The molecule has 0 aliphatic rings. The second-order valence-corrected chi connectivity index (χ2v) is 5.67. The van der Waals surface area contributed by atoms with Crippen LogP contribution < -0.4 is 0 Å². The molecule has 96 valence electrons. The lowest BCUT2D eigenvalue weighted by atomic mass is 10.0. The highest BCUT2D eigenvalue weighted by Gasteiger charge is 2.29. The molecule has 0 atom stereocenters. The van der Waals surface area contributed by atoms with Gasteiger partial charge >= 0.3 is 0 Å². The SMILES string of the molecule is CCCCCCC(Cl)(Cl)c1cccc(O)c1O. The highest BCUT2D eigenvalue weighted by molar-refractivity contribution is 6.48. The fourth-order valence-corrected chi connectivity index (χ4v) is 2.31. The van der Waals surface area contributed by atoms with Crippen LogP contribution in [0.4, 0.5) is 0 Å². The number of phenolic OH excluding ortho intramolecular Hbond substituents is 2. The van der Waals surface area contributed by atoms with E-state index < -0.39 is 4.33 Å². The maximum atomic E-state index is 9.72. The Bertz CT molecular complexity index is 364. The number of unbranched alkanes of at least 4 members (excludes halogenated alkanes) is 3. The summed E-state index contributed by atoms with van der Waals surface area (Å²) >= 11 is 12.4. The standard InChI is InChI=1S/C13H18Cl2O2/c1-2-3-4-5-9-13(14,15)10-7-6-8-11(16)12(10)17/h6-8,16-17H,2-5,9H2,1H3. The van der Waals surface area contributed by atoms with Gasteiger partial charge in [0.05, 0.1) is 0 Å². The molecule has 0 aromatic heterocycles. The molecular formula is C13H18Cl2O2. The van der Waals surface area contributed by atoms with E-state index in [1.54, 1.807) is 12.1 Å². The Labute approximate surface area is 112 Å². The second-order valence-electron chi connectivity index (χ2n) is 4.19. The Morgan fingerprint density at radius 2 is 1.82 bits per heavy atom. The number of aromatic hydroxyl groups is 2. The van der Waals surface area contributed by atoms with Crippen LogP contribution in [0, 0.1) is 0 Å². The molecule has 0 amide bonds. The molecule has 0 aliphatic carbocycles. The van der Waals surface area contributed by atoms with Crippen LogP contribution in [0.2, 0.25) is 0 Å². The Morgan fingerprint density at radius 1 is 1.12 bits per heavy atom. The minimum Gasteiger partial charge on any atom is -0.504 e. The first-order chi connectivity index (χ1) is 7.99. The molecule has 17 heavy (non-hydrogen) atoms.